The van der Waals surface area contributed by atoms with E-state index >= 15 is 0 Å². The Kier molecular flexibility index (Phi) is 5.26. The maximum atomic E-state index is 5.92. The average molecular weight is 362 g/mol. The smallest absolute Gasteiger partial charge is 0.226 e. The second kappa shape index (κ2) is 7.97. The third-order valence-corrected chi connectivity index (χ3v) is 5.18. The monoisotopic (exact) mass is 362 g/mol. The van der Waals surface area contributed by atoms with Gasteiger partial charge in [0.15, 0.2) is 0 Å². The molecule has 0 amide bonds. The lowest BCUT2D eigenvalue weighted by Gasteiger charge is -2.13. The van der Waals surface area contributed by atoms with Gasteiger partial charge >= 0.3 is 0 Å². The largest absolute Gasteiger partial charge is 0.493 e. The molecule has 140 valence electrons. The fraction of sp³-hybridized carbons (Fsp3) is 0.348. The van der Waals surface area contributed by atoms with Gasteiger partial charge in [-0.25, -0.2) is 4.98 Å². The summed E-state index contributed by atoms with van der Waals surface area (Å²) in [5, 5.41) is 3.62. The minimum Gasteiger partial charge on any atom is -0.493 e. The minimum atomic E-state index is 0.475. The van der Waals surface area contributed by atoms with Crippen molar-refractivity contribution in [2.45, 2.75) is 45.2 Å². The summed E-state index contributed by atoms with van der Waals surface area (Å²) >= 11 is 0. The van der Waals surface area contributed by atoms with E-state index in [1.54, 1.807) is 0 Å². The first-order chi connectivity index (χ1) is 13.2. The van der Waals surface area contributed by atoms with E-state index in [1.165, 1.54) is 18.4 Å². The first-order valence-corrected chi connectivity index (χ1v) is 9.69. The molecular weight excluding hydrogens is 336 g/mol. The van der Waals surface area contributed by atoms with Crippen LogP contribution in [0.4, 0.5) is 0 Å². The van der Waals surface area contributed by atoms with Gasteiger partial charge in [-0.3, -0.25) is 0 Å². The Labute approximate surface area is 160 Å². The van der Waals surface area contributed by atoms with Crippen molar-refractivity contribution in [2.24, 2.45) is 0 Å². The molecule has 0 aliphatic carbocycles. The number of benzene rings is 2. The molecule has 2 aromatic carbocycles. The summed E-state index contributed by atoms with van der Waals surface area (Å²) in [6.45, 7) is 4.78. The number of hydrogen-bond acceptors (Lipinski definition) is 4. The van der Waals surface area contributed by atoms with Crippen LogP contribution in [0, 0.1) is 6.92 Å². The van der Waals surface area contributed by atoms with E-state index in [9.17, 15) is 0 Å². The van der Waals surface area contributed by atoms with Crippen LogP contribution in [0.15, 0.2) is 59.0 Å². The summed E-state index contributed by atoms with van der Waals surface area (Å²) in [6, 6.07) is 19.5. The molecule has 4 rings (SSSR count). The highest BCUT2D eigenvalue weighted by Crippen LogP contribution is 2.27. The van der Waals surface area contributed by atoms with E-state index < -0.39 is 0 Å². The average Bonchev–Trinajstić information content (AvgIpc) is 3.29. The summed E-state index contributed by atoms with van der Waals surface area (Å²) in [7, 11) is 0. The number of aryl methyl sites for hydroxylation is 1. The first kappa shape index (κ1) is 17.8. The number of ether oxygens (including phenoxy) is 1. The summed E-state index contributed by atoms with van der Waals surface area (Å²) in [6.07, 6.45) is 3.17. The quantitative estimate of drug-likeness (QED) is 0.664. The Morgan fingerprint density at radius 2 is 1.85 bits per heavy atom. The lowest BCUT2D eigenvalue weighted by Crippen LogP contribution is -2.20. The van der Waals surface area contributed by atoms with Crippen molar-refractivity contribution < 1.29 is 9.15 Å². The maximum absolute atomic E-state index is 5.92. The van der Waals surface area contributed by atoms with Gasteiger partial charge < -0.3 is 14.5 Å². The van der Waals surface area contributed by atoms with Gasteiger partial charge in [-0.1, -0.05) is 30.3 Å². The van der Waals surface area contributed by atoms with Crippen LogP contribution in [0.5, 0.6) is 5.75 Å². The summed E-state index contributed by atoms with van der Waals surface area (Å²) in [5.41, 5.74) is 3.29. The van der Waals surface area contributed by atoms with Crippen molar-refractivity contribution in [3.05, 3.63) is 71.6 Å². The minimum absolute atomic E-state index is 0.475. The van der Waals surface area contributed by atoms with Gasteiger partial charge in [0.1, 0.15) is 11.5 Å². The number of rotatable bonds is 6. The zero-order valence-electron chi connectivity index (χ0n) is 15.9. The van der Waals surface area contributed by atoms with Crippen LogP contribution in [-0.4, -0.2) is 17.6 Å². The lowest BCUT2D eigenvalue weighted by atomic mass is 10.1. The van der Waals surface area contributed by atoms with Gasteiger partial charge in [0, 0.05) is 24.1 Å². The van der Waals surface area contributed by atoms with Crippen molar-refractivity contribution in [2.75, 3.05) is 6.61 Å². The molecule has 0 spiro atoms. The summed E-state index contributed by atoms with van der Waals surface area (Å²) < 4.78 is 11.7. The summed E-state index contributed by atoms with van der Waals surface area (Å²) in [5.74, 6) is 2.43. The fourth-order valence-corrected chi connectivity index (χ4v) is 3.62. The normalized spacial score (nSPS) is 19.3. The Balaban J connectivity index is 1.33. The van der Waals surface area contributed by atoms with E-state index in [0.717, 1.165) is 29.2 Å². The Bertz CT molecular complexity index is 871. The highest BCUT2D eigenvalue weighted by molar-refractivity contribution is 5.53. The van der Waals surface area contributed by atoms with E-state index in [1.807, 2.05) is 37.3 Å². The molecule has 1 fully saturated rings. The molecule has 2 heterocycles. The van der Waals surface area contributed by atoms with Crippen molar-refractivity contribution in [1.29, 1.82) is 0 Å². The zero-order valence-corrected chi connectivity index (χ0v) is 15.9. The number of aromatic nitrogens is 1. The third-order valence-electron chi connectivity index (χ3n) is 5.18. The summed E-state index contributed by atoms with van der Waals surface area (Å²) in [4.78, 5) is 4.63. The van der Waals surface area contributed by atoms with Gasteiger partial charge in [-0.05, 0) is 56.5 Å². The topological polar surface area (TPSA) is 47.3 Å². The van der Waals surface area contributed by atoms with Crippen LogP contribution < -0.4 is 10.1 Å². The van der Waals surface area contributed by atoms with Crippen molar-refractivity contribution in [3.63, 3.8) is 0 Å². The van der Waals surface area contributed by atoms with E-state index in [4.69, 9.17) is 9.15 Å². The molecule has 4 nitrogen and oxygen atoms in total. The van der Waals surface area contributed by atoms with Crippen molar-refractivity contribution in [3.8, 4) is 17.2 Å². The molecule has 0 radical (unpaired) electrons. The molecule has 2 atom stereocenters. The molecule has 1 aliphatic heterocycles. The predicted octanol–water partition coefficient (Wildman–Crippen LogP) is 5.08. The maximum Gasteiger partial charge on any atom is 0.226 e. The van der Waals surface area contributed by atoms with E-state index in [2.05, 4.69) is 41.5 Å². The van der Waals surface area contributed by atoms with Crippen molar-refractivity contribution >= 4 is 0 Å². The van der Waals surface area contributed by atoms with Crippen LogP contribution in [0.2, 0.25) is 0 Å². The van der Waals surface area contributed by atoms with Gasteiger partial charge in [-0.15, -0.1) is 0 Å². The van der Waals surface area contributed by atoms with Gasteiger partial charge in [0.2, 0.25) is 5.89 Å². The number of oxazole rings is 1. The second-order valence-electron chi connectivity index (χ2n) is 7.25. The molecule has 1 N–H and O–H groups in total. The first-order valence-electron chi connectivity index (χ1n) is 9.69. The van der Waals surface area contributed by atoms with Crippen LogP contribution in [0.3, 0.4) is 0 Å². The third kappa shape index (κ3) is 4.22. The van der Waals surface area contributed by atoms with Crippen LogP contribution in [0.25, 0.3) is 11.5 Å². The molecule has 1 aromatic heterocycles. The highest BCUT2D eigenvalue weighted by atomic mass is 16.5. The van der Waals surface area contributed by atoms with E-state index in [0.29, 0.717) is 24.6 Å². The standard InChI is InChI=1S/C23H26N2O2/c1-16-8-13-22(24-16)18-9-11-20(12-10-18)26-15-14-21-17(2)27-23(25-21)19-6-4-3-5-7-19/h3-7,9-12,16,22,24H,8,13-15H2,1-2H3/t16-,22+/m0/s1. The molecule has 3 aromatic rings. The van der Waals surface area contributed by atoms with Crippen LogP contribution in [0.1, 0.15) is 42.8 Å². The molecule has 1 aliphatic rings. The van der Waals surface area contributed by atoms with Crippen LogP contribution >= 0.6 is 0 Å². The SMILES string of the molecule is Cc1oc(-c2ccccc2)nc1CCOc1ccc([C@H]2CC[C@H](C)N2)cc1. The number of nitrogens with zero attached hydrogens (tertiary/aromatic N) is 1. The Morgan fingerprint density at radius 3 is 2.56 bits per heavy atom. The zero-order chi connectivity index (χ0) is 18.6. The second-order valence-corrected chi connectivity index (χ2v) is 7.25. The number of nitrogens with one attached hydrogen (secondary N) is 1. The molecule has 4 heteroatoms. The molecule has 0 saturated carbocycles. The lowest BCUT2D eigenvalue weighted by molar-refractivity contribution is 0.319. The van der Waals surface area contributed by atoms with Gasteiger partial charge in [0.05, 0.1) is 12.3 Å². The highest BCUT2D eigenvalue weighted by Gasteiger charge is 2.21. The van der Waals surface area contributed by atoms with Crippen molar-refractivity contribution in [1.82, 2.24) is 10.3 Å². The molecule has 0 bridgehead atoms. The van der Waals surface area contributed by atoms with Gasteiger partial charge in [-0.2, -0.15) is 0 Å². The Hall–Kier alpha value is -2.59. The molecule has 27 heavy (non-hydrogen) atoms. The fourth-order valence-electron chi connectivity index (χ4n) is 3.62. The molecule has 0 unspecified atom stereocenters. The molecular formula is C23H26N2O2. The van der Waals surface area contributed by atoms with Gasteiger partial charge in [0.25, 0.3) is 0 Å². The predicted molar refractivity (Wildman–Crippen MR) is 107 cm³/mol. The molecule has 1 saturated heterocycles. The Morgan fingerprint density at radius 1 is 1.07 bits per heavy atom. The van der Waals surface area contributed by atoms with E-state index in [-0.39, 0.29) is 0 Å². The van der Waals surface area contributed by atoms with Crippen LogP contribution in [-0.2, 0) is 6.42 Å². The number of hydrogen-bond donors (Lipinski definition) is 1.